The molecule has 3 nitrogen and oxygen atoms in total. The molecule has 98 valence electrons. The van der Waals surface area contributed by atoms with Gasteiger partial charge < -0.3 is 10.1 Å². The van der Waals surface area contributed by atoms with Crippen molar-refractivity contribution in [3.05, 3.63) is 16.6 Å². The Balaban J connectivity index is 2.26. The third kappa shape index (κ3) is 6.76. The molecule has 0 aliphatic carbocycles. The third-order valence-electron chi connectivity index (χ3n) is 2.57. The molecule has 1 aromatic rings. The van der Waals surface area contributed by atoms with Crippen LogP contribution < -0.4 is 5.32 Å². The number of nitrogens with zero attached hydrogens (tertiary/aromatic N) is 1. The van der Waals surface area contributed by atoms with Crippen LogP contribution in [0, 0.1) is 0 Å². The smallest absolute Gasteiger partial charge is 0.0794 e. The molecule has 1 aromatic heterocycles. The highest BCUT2D eigenvalue weighted by Gasteiger charge is 2.09. The van der Waals surface area contributed by atoms with Crippen LogP contribution in [0.2, 0.25) is 0 Å². The van der Waals surface area contributed by atoms with Crippen LogP contribution in [-0.2, 0) is 11.2 Å². The van der Waals surface area contributed by atoms with Crippen LogP contribution in [-0.4, -0.2) is 30.8 Å². The summed E-state index contributed by atoms with van der Waals surface area (Å²) in [4.78, 5) is 5.48. The van der Waals surface area contributed by atoms with Gasteiger partial charge in [-0.2, -0.15) is 0 Å². The fourth-order valence-electron chi connectivity index (χ4n) is 1.68. The first-order valence-corrected chi connectivity index (χ1v) is 7.43. The first-order valence-electron chi connectivity index (χ1n) is 6.55. The van der Waals surface area contributed by atoms with Gasteiger partial charge >= 0.3 is 0 Å². The van der Waals surface area contributed by atoms with Crippen molar-refractivity contribution in [1.82, 2.24) is 10.3 Å². The summed E-state index contributed by atoms with van der Waals surface area (Å²) in [7, 11) is 0. The van der Waals surface area contributed by atoms with Crippen molar-refractivity contribution in [3.8, 4) is 0 Å². The van der Waals surface area contributed by atoms with Gasteiger partial charge in [-0.05, 0) is 32.2 Å². The fourth-order valence-corrected chi connectivity index (χ4v) is 2.36. The Morgan fingerprint density at radius 1 is 1.35 bits per heavy atom. The van der Waals surface area contributed by atoms with E-state index >= 15 is 0 Å². The lowest BCUT2D eigenvalue weighted by Gasteiger charge is -2.17. The van der Waals surface area contributed by atoms with Crippen LogP contribution in [0.1, 0.15) is 38.0 Å². The van der Waals surface area contributed by atoms with Crippen molar-refractivity contribution in [2.24, 2.45) is 0 Å². The van der Waals surface area contributed by atoms with Gasteiger partial charge in [0.05, 0.1) is 5.51 Å². The monoisotopic (exact) mass is 256 g/mol. The molecule has 0 aromatic carbocycles. The highest BCUT2D eigenvalue weighted by molar-refractivity contribution is 7.09. The van der Waals surface area contributed by atoms with E-state index in [4.69, 9.17) is 4.74 Å². The summed E-state index contributed by atoms with van der Waals surface area (Å²) in [6.45, 7) is 7.15. The van der Waals surface area contributed by atoms with Crippen molar-refractivity contribution in [1.29, 1.82) is 0 Å². The topological polar surface area (TPSA) is 34.1 Å². The Morgan fingerprint density at radius 3 is 2.88 bits per heavy atom. The molecule has 0 amide bonds. The van der Waals surface area contributed by atoms with E-state index in [1.807, 2.05) is 11.7 Å². The molecule has 17 heavy (non-hydrogen) atoms. The van der Waals surface area contributed by atoms with E-state index in [0.29, 0.717) is 6.04 Å². The second-order valence-corrected chi connectivity index (χ2v) is 5.19. The number of nitrogens with one attached hydrogen (secondary N) is 1. The molecular weight excluding hydrogens is 232 g/mol. The molecule has 4 heteroatoms. The molecule has 1 atom stereocenters. The zero-order valence-corrected chi connectivity index (χ0v) is 11.8. The number of hydrogen-bond acceptors (Lipinski definition) is 4. The molecule has 0 radical (unpaired) electrons. The zero-order chi connectivity index (χ0) is 12.3. The molecule has 0 fully saturated rings. The van der Waals surface area contributed by atoms with Crippen molar-refractivity contribution < 1.29 is 4.74 Å². The van der Waals surface area contributed by atoms with E-state index in [1.165, 1.54) is 11.3 Å². The maximum absolute atomic E-state index is 5.56. The third-order valence-corrected chi connectivity index (χ3v) is 3.38. The maximum atomic E-state index is 5.56. The summed E-state index contributed by atoms with van der Waals surface area (Å²) < 4.78 is 5.56. The second kappa shape index (κ2) is 9.57. The summed E-state index contributed by atoms with van der Waals surface area (Å²) in [5, 5.41) is 3.58. The Hall–Kier alpha value is -0.450. The predicted octanol–water partition coefficient (Wildman–Crippen LogP) is 2.87. The molecule has 0 spiro atoms. The summed E-state index contributed by atoms with van der Waals surface area (Å²) in [5.74, 6) is 0. The second-order valence-electron chi connectivity index (χ2n) is 4.22. The highest BCUT2D eigenvalue weighted by Crippen LogP contribution is 2.10. The molecule has 0 aliphatic heterocycles. The van der Waals surface area contributed by atoms with Gasteiger partial charge in [0.2, 0.25) is 0 Å². The number of rotatable bonds is 10. The standard InChI is InChI=1S/C13H24N2OS/c1-3-6-15-12(5-8-16-7-4-2)9-13-10-14-11-17-13/h10-12,15H,3-9H2,1-2H3. The van der Waals surface area contributed by atoms with Crippen molar-refractivity contribution in [3.63, 3.8) is 0 Å². The summed E-state index contributed by atoms with van der Waals surface area (Å²) >= 11 is 1.74. The van der Waals surface area contributed by atoms with E-state index in [2.05, 4.69) is 24.1 Å². The number of hydrogen-bond donors (Lipinski definition) is 1. The van der Waals surface area contributed by atoms with Crippen LogP contribution in [0.4, 0.5) is 0 Å². The van der Waals surface area contributed by atoms with Crippen LogP contribution in [0.3, 0.4) is 0 Å². The number of thiazole rings is 1. The molecule has 0 bridgehead atoms. The van der Waals surface area contributed by atoms with Crippen LogP contribution in [0.5, 0.6) is 0 Å². The fraction of sp³-hybridized carbons (Fsp3) is 0.769. The Bertz CT molecular complexity index is 264. The molecule has 0 saturated heterocycles. The SMILES string of the molecule is CCCNC(CCOCCC)Cc1cncs1. The Kier molecular flexibility index (Phi) is 8.22. The minimum absolute atomic E-state index is 0.521. The summed E-state index contributed by atoms with van der Waals surface area (Å²) in [6, 6.07) is 0.521. The van der Waals surface area contributed by atoms with Crippen molar-refractivity contribution in [2.45, 2.75) is 45.6 Å². The molecule has 1 N–H and O–H groups in total. The van der Waals surface area contributed by atoms with E-state index in [0.717, 1.165) is 39.0 Å². The number of ether oxygens (including phenoxy) is 1. The van der Waals surface area contributed by atoms with Gasteiger partial charge in [-0.1, -0.05) is 13.8 Å². The van der Waals surface area contributed by atoms with Gasteiger partial charge in [0.15, 0.2) is 0 Å². The van der Waals surface area contributed by atoms with Crippen LogP contribution >= 0.6 is 11.3 Å². The van der Waals surface area contributed by atoms with Gasteiger partial charge in [0.1, 0.15) is 0 Å². The largest absolute Gasteiger partial charge is 0.381 e. The lowest BCUT2D eigenvalue weighted by molar-refractivity contribution is 0.124. The lowest BCUT2D eigenvalue weighted by atomic mass is 10.1. The first kappa shape index (κ1) is 14.6. The number of aromatic nitrogens is 1. The van der Waals surface area contributed by atoms with Crippen molar-refractivity contribution in [2.75, 3.05) is 19.8 Å². The quantitative estimate of drug-likeness (QED) is 0.654. The maximum Gasteiger partial charge on any atom is 0.0794 e. The Labute approximate surface area is 109 Å². The van der Waals surface area contributed by atoms with Crippen LogP contribution in [0.15, 0.2) is 11.7 Å². The highest BCUT2D eigenvalue weighted by atomic mass is 32.1. The minimum Gasteiger partial charge on any atom is -0.381 e. The van der Waals surface area contributed by atoms with Gasteiger partial charge in [0, 0.05) is 30.3 Å². The molecular formula is C13H24N2OS. The normalized spacial score (nSPS) is 12.8. The van der Waals surface area contributed by atoms with Gasteiger partial charge in [0.25, 0.3) is 0 Å². The Morgan fingerprint density at radius 2 is 2.24 bits per heavy atom. The predicted molar refractivity (Wildman–Crippen MR) is 73.6 cm³/mol. The molecule has 1 rings (SSSR count). The zero-order valence-electron chi connectivity index (χ0n) is 10.9. The van der Waals surface area contributed by atoms with E-state index in [-0.39, 0.29) is 0 Å². The van der Waals surface area contributed by atoms with E-state index in [9.17, 15) is 0 Å². The van der Waals surface area contributed by atoms with Gasteiger partial charge in [-0.25, -0.2) is 0 Å². The van der Waals surface area contributed by atoms with E-state index in [1.54, 1.807) is 11.3 Å². The minimum atomic E-state index is 0.521. The van der Waals surface area contributed by atoms with E-state index < -0.39 is 0 Å². The average molecular weight is 256 g/mol. The lowest BCUT2D eigenvalue weighted by Crippen LogP contribution is -2.32. The first-order chi connectivity index (χ1) is 8.36. The molecule has 0 saturated carbocycles. The summed E-state index contributed by atoms with van der Waals surface area (Å²) in [5.41, 5.74) is 1.90. The van der Waals surface area contributed by atoms with Gasteiger partial charge in [-0.3, -0.25) is 4.98 Å². The van der Waals surface area contributed by atoms with Crippen molar-refractivity contribution >= 4 is 11.3 Å². The molecule has 0 aliphatic rings. The van der Waals surface area contributed by atoms with Gasteiger partial charge in [-0.15, -0.1) is 11.3 Å². The average Bonchev–Trinajstić information content (AvgIpc) is 2.84. The molecule has 1 unspecified atom stereocenters. The summed E-state index contributed by atoms with van der Waals surface area (Å²) in [6.07, 6.45) is 6.40. The van der Waals surface area contributed by atoms with Crippen LogP contribution in [0.25, 0.3) is 0 Å². The molecule has 1 heterocycles.